The molecule has 6 rings (SSSR count). The van der Waals surface area contributed by atoms with Gasteiger partial charge in [-0.25, -0.2) is 23.5 Å². The van der Waals surface area contributed by atoms with E-state index in [1.54, 1.807) is 29.1 Å². The summed E-state index contributed by atoms with van der Waals surface area (Å²) >= 11 is 1.30. The lowest BCUT2D eigenvalue weighted by Gasteiger charge is -2.51. The number of carbonyl (C=O) groups is 2. The van der Waals surface area contributed by atoms with Gasteiger partial charge in [0.2, 0.25) is 5.92 Å². The first-order chi connectivity index (χ1) is 16.7. The molecule has 4 fully saturated rings. The van der Waals surface area contributed by atoms with Crippen molar-refractivity contribution in [2.45, 2.75) is 49.7 Å². The normalized spacial score (nSPS) is 31.0. The summed E-state index contributed by atoms with van der Waals surface area (Å²) in [4.78, 5) is 34.1. The number of aliphatic hydroxyl groups is 1. The number of hydrogen-bond acceptors (Lipinski definition) is 7. The Hall–Kier alpha value is -2.50. The first-order valence-corrected chi connectivity index (χ1v) is 12.9. The molecule has 1 aliphatic carbocycles. The van der Waals surface area contributed by atoms with E-state index >= 15 is 0 Å². The Morgan fingerprint density at radius 3 is 2.71 bits per heavy atom. The van der Waals surface area contributed by atoms with E-state index in [2.05, 4.69) is 15.3 Å². The van der Waals surface area contributed by atoms with Gasteiger partial charge < -0.3 is 19.6 Å². The van der Waals surface area contributed by atoms with E-state index in [4.69, 9.17) is 4.74 Å². The Morgan fingerprint density at radius 2 is 2.09 bits per heavy atom. The third kappa shape index (κ3) is 4.81. The summed E-state index contributed by atoms with van der Waals surface area (Å²) in [6, 6.07) is 3.22. The minimum absolute atomic E-state index is 0.0474. The van der Waals surface area contributed by atoms with Crippen molar-refractivity contribution in [3.63, 3.8) is 0 Å². The Balaban J connectivity index is 1.30. The molecule has 0 aromatic carbocycles. The van der Waals surface area contributed by atoms with Crippen LogP contribution in [0.4, 0.5) is 14.6 Å². The fraction of sp³-hybridized carbons (Fsp3) is 0.583. The number of fused-ring (bicyclic) bond motifs is 3. The Kier molecular flexibility index (Phi) is 6.35. The van der Waals surface area contributed by atoms with Crippen LogP contribution in [-0.4, -0.2) is 69.6 Å². The number of hydrogen-bond donors (Lipinski definition) is 2. The maximum absolute atomic E-state index is 14.0. The molecule has 1 saturated carbocycles. The second-order valence-electron chi connectivity index (χ2n) is 10.1. The molecule has 35 heavy (non-hydrogen) atoms. The highest BCUT2D eigenvalue weighted by Crippen LogP contribution is 2.49. The second-order valence-corrected chi connectivity index (χ2v) is 10.9. The van der Waals surface area contributed by atoms with Crippen molar-refractivity contribution in [3.8, 4) is 0 Å². The summed E-state index contributed by atoms with van der Waals surface area (Å²) in [6.07, 6.45) is 3.14. The second kappa shape index (κ2) is 9.18. The smallest absolute Gasteiger partial charge is 0.343 e. The number of quaternary nitrogens is 1. The van der Waals surface area contributed by atoms with Crippen molar-refractivity contribution in [2.75, 3.05) is 31.5 Å². The molecule has 188 valence electrons. The van der Waals surface area contributed by atoms with Gasteiger partial charge in [-0.1, -0.05) is 0 Å². The first-order valence-electron chi connectivity index (χ1n) is 11.9. The Morgan fingerprint density at radius 1 is 1.29 bits per heavy atom. The van der Waals surface area contributed by atoms with Crippen molar-refractivity contribution in [2.24, 2.45) is 11.8 Å². The van der Waals surface area contributed by atoms with Crippen molar-refractivity contribution in [1.29, 1.82) is 0 Å². The van der Waals surface area contributed by atoms with Crippen molar-refractivity contribution in [3.05, 3.63) is 41.0 Å². The van der Waals surface area contributed by atoms with Crippen LogP contribution in [0, 0.1) is 11.8 Å². The lowest BCUT2D eigenvalue weighted by atomic mass is 9.80. The average molecular weight is 508 g/mol. The maximum atomic E-state index is 14.0. The van der Waals surface area contributed by atoms with E-state index in [1.165, 1.54) is 17.7 Å². The van der Waals surface area contributed by atoms with Gasteiger partial charge in [0, 0.05) is 49.3 Å². The number of piperidine rings is 3. The molecule has 4 aliphatic rings. The highest BCUT2D eigenvalue weighted by Gasteiger charge is 2.56. The first kappa shape index (κ1) is 24.2. The van der Waals surface area contributed by atoms with Gasteiger partial charge in [0.1, 0.15) is 18.7 Å². The van der Waals surface area contributed by atoms with E-state index in [9.17, 15) is 23.5 Å². The number of rotatable bonds is 7. The lowest BCUT2D eigenvalue weighted by Crippen LogP contribution is -2.66. The molecular weight excluding hydrogens is 478 g/mol. The van der Waals surface area contributed by atoms with E-state index in [-0.39, 0.29) is 31.2 Å². The van der Waals surface area contributed by atoms with E-state index in [1.807, 2.05) is 0 Å². The molecule has 1 amide bonds. The number of halogens is 2. The minimum Gasteiger partial charge on any atom is -0.454 e. The molecule has 3 aliphatic heterocycles. The molecule has 2 aromatic rings. The lowest BCUT2D eigenvalue weighted by molar-refractivity contribution is -0.939. The van der Waals surface area contributed by atoms with Gasteiger partial charge in [-0.05, 0) is 29.3 Å². The number of thiophene rings is 1. The predicted octanol–water partition coefficient (Wildman–Crippen LogP) is 2.95. The van der Waals surface area contributed by atoms with Gasteiger partial charge in [-0.3, -0.25) is 4.79 Å². The van der Waals surface area contributed by atoms with Crippen molar-refractivity contribution < 1.29 is 32.7 Å². The molecule has 5 heterocycles. The third-order valence-electron chi connectivity index (χ3n) is 7.90. The Bertz CT molecular complexity index is 1060. The maximum Gasteiger partial charge on any atom is 0.343 e. The number of aromatic nitrogens is 2. The molecular formula is C24H29F2N4O4S+. The zero-order valence-corrected chi connectivity index (χ0v) is 20.1. The summed E-state index contributed by atoms with van der Waals surface area (Å²) < 4.78 is 34.5. The van der Waals surface area contributed by atoms with Crippen LogP contribution in [0.25, 0.3) is 0 Å². The van der Waals surface area contributed by atoms with Crippen LogP contribution in [0.2, 0.25) is 0 Å². The van der Waals surface area contributed by atoms with Crippen LogP contribution in [0.15, 0.2) is 35.4 Å². The van der Waals surface area contributed by atoms with Gasteiger partial charge in [-0.2, -0.15) is 11.3 Å². The minimum atomic E-state index is -2.91. The van der Waals surface area contributed by atoms with Crippen LogP contribution >= 0.6 is 11.3 Å². The number of anilines is 1. The number of alkyl halides is 2. The number of ether oxygens (including phenoxy) is 1. The van der Waals surface area contributed by atoms with Gasteiger partial charge >= 0.3 is 5.97 Å². The molecule has 8 nitrogen and oxygen atoms in total. The molecule has 3 atom stereocenters. The molecule has 0 radical (unpaired) electrons. The molecule has 11 heteroatoms. The van der Waals surface area contributed by atoms with Crippen LogP contribution in [-0.2, 0) is 19.9 Å². The molecule has 3 saturated heterocycles. The van der Waals surface area contributed by atoms with Crippen LogP contribution in [0.5, 0.6) is 0 Å². The summed E-state index contributed by atoms with van der Waals surface area (Å²) in [6.45, 7) is 2.25. The summed E-state index contributed by atoms with van der Waals surface area (Å²) in [5.41, 5.74) is -1.80. The highest BCUT2D eigenvalue weighted by molar-refractivity contribution is 7.08. The highest BCUT2D eigenvalue weighted by atomic mass is 32.1. The zero-order chi connectivity index (χ0) is 24.7. The molecule has 2 N–H and O–H groups in total. The van der Waals surface area contributed by atoms with Crippen LogP contribution in [0.1, 0.15) is 37.7 Å². The third-order valence-corrected chi connectivity index (χ3v) is 8.58. The number of amides is 1. The molecule has 2 bridgehead atoms. The van der Waals surface area contributed by atoms with E-state index < -0.39 is 35.9 Å². The van der Waals surface area contributed by atoms with Crippen LogP contribution < -0.4 is 5.32 Å². The average Bonchev–Trinajstić information content (AvgIpc) is 3.50. The predicted molar refractivity (Wildman–Crippen MR) is 123 cm³/mol. The van der Waals surface area contributed by atoms with E-state index in [0.717, 1.165) is 25.9 Å². The molecule has 0 spiro atoms. The van der Waals surface area contributed by atoms with Gasteiger partial charge in [0.05, 0.1) is 13.1 Å². The fourth-order valence-corrected chi connectivity index (χ4v) is 6.67. The zero-order valence-electron chi connectivity index (χ0n) is 19.2. The number of esters is 1. The van der Waals surface area contributed by atoms with Crippen molar-refractivity contribution >= 4 is 29.0 Å². The number of carbonyl (C=O) groups excluding carboxylic acids is 2. The van der Waals surface area contributed by atoms with Crippen molar-refractivity contribution in [1.82, 2.24) is 9.97 Å². The topological polar surface area (TPSA) is 101 Å². The fourth-order valence-electron chi connectivity index (χ4n) is 5.96. The standard InChI is InChI=1S/C24H28F2N4O4S/c25-23(26)6-1-17(11-23)24(33,18-5-10-35-14-18)22(32)34-19-12-30(8-3-16(19)4-9-30)13-21(31)29-20-2-7-27-15-28-20/h2,5,7,10,14-17,19,33H,1,3-4,6,8-9,11-13H2/p+1/t16?,17?,19-,24?,30?/m0/s1. The summed E-state index contributed by atoms with van der Waals surface area (Å²) in [5.74, 6) is -4.31. The van der Waals surface area contributed by atoms with E-state index in [0.29, 0.717) is 22.4 Å². The largest absolute Gasteiger partial charge is 0.454 e. The number of nitrogens with one attached hydrogen (secondary N) is 1. The summed E-state index contributed by atoms with van der Waals surface area (Å²) in [7, 11) is 0. The summed E-state index contributed by atoms with van der Waals surface area (Å²) in [5, 5.41) is 17.7. The van der Waals surface area contributed by atoms with Gasteiger partial charge in [0.25, 0.3) is 5.91 Å². The SMILES string of the molecule is O=C(C[N+]12CCC(CC1)[C@@H](OC(=O)C(O)(c1ccsc1)C1CCC(F)(F)C1)C2)Nc1ccncn1. The molecule has 2 unspecified atom stereocenters. The van der Waals surface area contributed by atoms with Crippen LogP contribution in [0.3, 0.4) is 0 Å². The monoisotopic (exact) mass is 507 g/mol. The number of nitrogens with zero attached hydrogens (tertiary/aromatic N) is 3. The van der Waals surface area contributed by atoms with Gasteiger partial charge in [0.15, 0.2) is 18.2 Å². The Labute approximate surface area is 205 Å². The quantitative estimate of drug-likeness (QED) is 0.442. The molecule has 2 aromatic heterocycles. The van der Waals surface area contributed by atoms with Gasteiger partial charge in [-0.15, -0.1) is 0 Å².